The maximum absolute atomic E-state index is 11.8. The Morgan fingerprint density at radius 3 is 2.75 bits per heavy atom. The van der Waals surface area contributed by atoms with Crippen LogP contribution in [0.3, 0.4) is 0 Å². The summed E-state index contributed by atoms with van der Waals surface area (Å²) >= 11 is 10.3. The molecule has 10 heteroatoms. The molecule has 1 aromatic carbocycles. The van der Waals surface area contributed by atoms with Crippen molar-refractivity contribution in [3.63, 3.8) is 0 Å². The minimum atomic E-state index is -0.210. The van der Waals surface area contributed by atoms with Gasteiger partial charge in [0, 0.05) is 17.0 Å². The number of rotatable bonds is 9. The van der Waals surface area contributed by atoms with E-state index in [1.165, 1.54) is 29.3 Å². The molecule has 3 aromatic rings. The van der Waals surface area contributed by atoms with Crippen molar-refractivity contribution in [1.82, 2.24) is 15.6 Å². The largest absolute Gasteiger partial charge is 0.465 e. The third kappa shape index (κ3) is 7.16. The Bertz CT molecular complexity index is 940. The molecule has 0 saturated carbocycles. The van der Waals surface area contributed by atoms with Gasteiger partial charge < -0.3 is 4.42 Å². The lowest BCUT2D eigenvalue weighted by molar-refractivity contribution is -0.118. The molecular formula is C18H15ClN4O2S3. The minimum absolute atomic E-state index is 0.210. The molecule has 0 saturated heterocycles. The van der Waals surface area contributed by atoms with Crippen molar-refractivity contribution in [2.24, 2.45) is 5.10 Å². The van der Waals surface area contributed by atoms with Crippen LogP contribution < -0.4 is 5.43 Å². The van der Waals surface area contributed by atoms with Crippen molar-refractivity contribution >= 4 is 64.7 Å². The summed E-state index contributed by atoms with van der Waals surface area (Å²) in [5, 5.41) is 12.8. The Morgan fingerprint density at radius 2 is 2.00 bits per heavy atom. The predicted octanol–water partition coefficient (Wildman–Crippen LogP) is 4.98. The summed E-state index contributed by atoms with van der Waals surface area (Å²) in [6.45, 7) is 0. The van der Waals surface area contributed by atoms with Crippen LogP contribution in [-0.2, 0) is 10.5 Å². The van der Waals surface area contributed by atoms with Crippen molar-refractivity contribution in [2.45, 2.75) is 14.4 Å². The van der Waals surface area contributed by atoms with Gasteiger partial charge >= 0.3 is 0 Å². The predicted molar refractivity (Wildman–Crippen MR) is 116 cm³/mol. The Balaban J connectivity index is 1.36. The molecular weight excluding hydrogens is 436 g/mol. The molecule has 0 unspecified atom stereocenters. The van der Waals surface area contributed by atoms with Crippen LogP contribution in [0.1, 0.15) is 11.3 Å². The highest BCUT2D eigenvalue weighted by Gasteiger charge is 2.08. The van der Waals surface area contributed by atoms with Crippen molar-refractivity contribution in [2.75, 3.05) is 5.75 Å². The molecule has 2 aromatic heterocycles. The number of halogens is 1. The van der Waals surface area contributed by atoms with Gasteiger partial charge in [-0.1, -0.05) is 58.6 Å². The zero-order chi connectivity index (χ0) is 19.6. The lowest BCUT2D eigenvalue weighted by Crippen LogP contribution is -2.19. The van der Waals surface area contributed by atoms with E-state index in [1.54, 1.807) is 36.2 Å². The number of carbonyl (C=O) groups is 1. The molecule has 6 nitrogen and oxygen atoms in total. The van der Waals surface area contributed by atoms with Gasteiger partial charge in [0.25, 0.3) is 5.91 Å². The number of hydrogen-bond acceptors (Lipinski definition) is 8. The second-order valence-electron chi connectivity index (χ2n) is 5.23. The summed E-state index contributed by atoms with van der Waals surface area (Å²) in [5.74, 6) is 1.51. The number of allylic oxidation sites excluding steroid dienone is 1. The first kappa shape index (κ1) is 20.7. The number of benzene rings is 1. The molecule has 0 aliphatic carbocycles. The molecule has 0 bridgehead atoms. The van der Waals surface area contributed by atoms with E-state index in [9.17, 15) is 4.79 Å². The summed E-state index contributed by atoms with van der Waals surface area (Å²) < 4.78 is 6.75. The van der Waals surface area contributed by atoms with Crippen molar-refractivity contribution < 1.29 is 9.21 Å². The quantitative estimate of drug-likeness (QED) is 0.281. The van der Waals surface area contributed by atoms with Crippen LogP contribution in [0.15, 0.2) is 66.9 Å². The Hall–Kier alpha value is -2.07. The van der Waals surface area contributed by atoms with Gasteiger partial charge in [-0.2, -0.15) is 5.10 Å². The van der Waals surface area contributed by atoms with Gasteiger partial charge in [0.15, 0.2) is 8.68 Å². The summed E-state index contributed by atoms with van der Waals surface area (Å²) in [4.78, 5) is 11.8. The molecule has 28 heavy (non-hydrogen) atoms. The van der Waals surface area contributed by atoms with Gasteiger partial charge in [-0.25, -0.2) is 5.43 Å². The highest BCUT2D eigenvalue weighted by molar-refractivity contribution is 8.03. The highest BCUT2D eigenvalue weighted by atomic mass is 35.5. The van der Waals surface area contributed by atoms with E-state index >= 15 is 0 Å². The summed E-state index contributed by atoms with van der Waals surface area (Å²) in [7, 11) is 0. The highest BCUT2D eigenvalue weighted by Crippen LogP contribution is 2.30. The minimum Gasteiger partial charge on any atom is -0.465 e. The average Bonchev–Trinajstić information content (AvgIpc) is 3.38. The number of nitrogens with one attached hydrogen (secondary N) is 1. The van der Waals surface area contributed by atoms with E-state index in [0.717, 1.165) is 25.0 Å². The van der Waals surface area contributed by atoms with Crippen LogP contribution in [0.4, 0.5) is 0 Å². The number of thioether (sulfide) groups is 2. The third-order valence-corrected chi connectivity index (χ3v) is 6.66. The molecule has 3 rings (SSSR count). The third-order valence-electron chi connectivity index (χ3n) is 3.14. The van der Waals surface area contributed by atoms with E-state index in [-0.39, 0.29) is 11.7 Å². The van der Waals surface area contributed by atoms with Crippen LogP contribution in [0.25, 0.3) is 6.08 Å². The summed E-state index contributed by atoms with van der Waals surface area (Å²) in [6, 6.07) is 11.3. The number of carbonyl (C=O) groups excluding carboxylic acids is 1. The van der Waals surface area contributed by atoms with E-state index in [0.29, 0.717) is 5.76 Å². The van der Waals surface area contributed by atoms with Gasteiger partial charge in [0.2, 0.25) is 0 Å². The standard InChI is InChI=1S/C18H15ClN4O2S3/c19-14-7-5-13(6-8-14)11-26-17-22-23-18(28-17)27-12-16(24)21-20-9-1-3-15-4-2-10-25-15/h1-10H,11-12H2,(H,21,24)/b3-1+,20-9-. The first-order valence-corrected chi connectivity index (χ1v) is 11.2. The number of amides is 1. The molecule has 0 atom stereocenters. The molecule has 0 fully saturated rings. The first-order valence-electron chi connectivity index (χ1n) is 8.04. The van der Waals surface area contributed by atoms with Crippen LogP contribution in [0.2, 0.25) is 5.02 Å². The smallest absolute Gasteiger partial charge is 0.250 e. The molecule has 0 aliphatic heterocycles. The topological polar surface area (TPSA) is 80.4 Å². The van der Waals surface area contributed by atoms with E-state index in [4.69, 9.17) is 16.0 Å². The number of furan rings is 1. The molecule has 144 valence electrons. The van der Waals surface area contributed by atoms with Gasteiger partial charge in [-0.3, -0.25) is 4.79 Å². The number of aromatic nitrogens is 2. The van der Waals surface area contributed by atoms with E-state index < -0.39 is 0 Å². The Kier molecular flexibility index (Phi) is 8.16. The van der Waals surface area contributed by atoms with Gasteiger partial charge in [-0.05, 0) is 42.0 Å². The van der Waals surface area contributed by atoms with E-state index in [1.807, 2.05) is 30.3 Å². The second-order valence-corrected chi connectivity index (χ2v) is 9.08. The van der Waals surface area contributed by atoms with E-state index in [2.05, 4.69) is 20.7 Å². The second kappa shape index (κ2) is 11.1. The van der Waals surface area contributed by atoms with Gasteiger partial charge in [0.05, 0.1) is 12.0 Å². The SMILES string of the molecule is O=C(CSc1nnc(SCc2ccc(Cl)cc2)s1)N/N=C\C=C\c1ccco1. The van der Waals surface area contributed by atoms with Gasteiger partial charge in [0.1, 0.15) is 5.76 Å². The fourth-order valence-electron chi connectivity index (χ4n) is 1.88. The zero-order valence-electron chi connectivity index (χ0n) is 14.4. The lowest BCUT2D eigenvalue weighted by Gasteiger charge is -1.98. The van der Waals surface area contributed by atoms with Crippen molar-refractivity contribution in [1.29, 1.82) is 0 Å². The summed E-state index contributed by atoms with van der Waals surface area (Å²) in [5.41, 5.74) is 3.62. The van der Waals surface area contributed by atoms with Gasteiger partial charge in [-0.15, -0.1) is 10.2 Å². The molecule has 1 amide bonds. The Labute approximate surface area is 179 Å². The number of hydrogen-bond donors (Lipinski definition) is 1. The molecule has 0 spiro atoms. The normalized spacial score (nSPS) is 11.5. The fourth-order valence-corrected chi connectivity index (χ4v) is 4.77. The van der Waals surface area contributed by atoms with Crippen LogP contribution in [0, 0.1) is 0 Å². The molecule has 2 heterocycles. The molecule has 0 aliphatic rings. The first-order chi connectivity index (χ1) is 13.7. The maximum atomic E-state index is 11.8. The number of hydrazone groups is 1. The zero-order valence-corrected chi connectivity index (χ0v) is 17.7. The fraction of sp³-hybridized carbons (Fsp3) is 0.111. The van der Waals surface area contributed by atoms with Crippen LogP contribution in [-0.4, -0.2) is 28.1 Å². The van der Waals surface area contributed by atoms with Crippen molar-refractivity contribution in [3.8, 4) is 0 Å². The van der Waals surface area contributed by atoms with Crippen molar-refractivity contribution in [3.05, 3.63) is 65.1 Å². The monoisotopic (exact) mass is 450 g/mol. The Morgan fingerprint density at radius 1 is 1.21 bits per heavy atom. The van der Waals surface area contributed by atoms with Crippen LogP contribution >= 0.6 is 46.5 Å². The lowest BCUT2D eigenvalue weighted by atomic mass is 10.2. The van der Waals surface area contributed by atoms with Crippen LogP contribution in [0.5, 0.6) is 0 Å². The summed E-state index contributed by atoms with van der Waals surface area (Å²) in [6.07, 6.45) is 6.50. The maximum Gasteiger partial charge on any atom is 0.250 e. The average molecular weight is 451 g/mol. The molecule has 1 N–H and O–H groups in total. The number of nitrogens with zero attached hydrogens (tertiary/aromatic N) is 3. The molecule has 0 radical (unpaired) electrons.